The molecule has 2 aromatic rings. The van der Waals surface area contributed by atoms with Crippen LogP contribution in [-0.2, 0) is 11.0 Å². The highest BCUT2D eigenvalue weighted by molar-refractivity contribution is 5.71. The highest BCUT2D eigenvalue weighted by Gasteiger charge is 2.39. The van der Waals surface area contributed by atoms with Gasteiger partial charge in [-0.25, -0.2) is 9.07 Å². The highest BCUT2D eigenvalue weighted by Crippen LogP contribution is 2.40. The van der Waals surface area contributed by atoms with Gasteiger partial charge >= 0.3 is 12.1 Å². The third-order valence-corrected chi connectivity index (χ3v) is 3.92. The smallest absolute Gasteiger partial charge is 0.419 e. The fourth-order valence-electron chi connectivity index (χ4n) is 2.61. The summed E-state index contributed by atoms with van der Waals surface area (Å²) in [7, 11) is 0. The summed E-state index contributed by atoms with van der Waals surface area (Å²) in [6, 6.07) is 2.81. The van der Waals surface area contributed by atoms with E-state index in [9.17, 15) is 22.4 Å². The zero-order valence-corrected chi connectivity index (χ0v) is 11.6. The molecule has 3 rings (SSSR count). The molecule has 0 saturated heterocycles. The standard InChI is InChI=1S/C14H11F4N3O2/c15-10-3-1-2-9(12(10)14(16,17)18)11-6-21(20-19-11)8-4-7(5-8)13(22)23/h1-3,6-8H,4-5H2,(H,22,23). The van der Waals surface area contributed by atoms with E-state index in [0.29, 0.717) is 12.8 Å². The van der Waals surface area contributed by atoms with Crippen LogP contribution in [0.4, 0.5) is 17.6 Å². The summed E-state index contributed by atoms with van der Waals surface area (Å²) in [5.74, 6) is -2.77. The molecule has 0 aliphatic heterocycles. The molecule has 0 atom stereocenters. The van der Waals surface area contributed by atoms with Crippen LogP contribution in [0, 0.1) is 11.7 Å². The maximum atomic E-state index is 13.6. The molecule has 1 aliphatic rings. The number of carbonyl (C=O) groups is 1. The zero-order chi connectivity index (χ0) is 16.8. The van der Waals surface area contributed by atoms with Crippen molar-refractivity contribution < 1.29 is 27.5 Å². The van der Waals surface area contributed by atoms with Crippen LogP contribution in [0.3, 0.4) is 0 Å². The number of carboxylic acids is 1. The average molecular weight is 329 g/mol. The van der Waals surface area contributed by atoms with Crippen molar-refractivity contribution in [2.24, 2.45) is 5.92 Å². The monoisotopic (exact) mass is 329 g/mol. The molecule has 23 heavy (non-hydrogen) atoms. The van der Waals surface area contributed by atoms with Gasteiger partial charge in [0, 0.05) is 5.56 Å². The maximum absolute atomic E-state index is 13.6. The Bertz CT molecular complexity index is 751. The topological polar surface area (TPSA) is 68.0 Å². The summed E-state index contributed by atoms with van der Waals surface area (Å²) >= 11 is 0. The molecule has 0 spiro atoms. The molecular weight excluding hydrogens is 318 g/mol. The number of aromatic nitrogens is 3. The molecule has 1 aliphatic carbocycles. The second kappa shape index (κ2) is 5.32. The average Bonchev–Trinajstić information content (AvgIpc) is 2.83. The predicted octanol–water partition coefficient (Wildman–Crippen LogP) is 3.14. The van der Waals surface area contributed by atoms with Gasteiger partial charge in [0.05, 0.1) is 18.2 Å². The van der Waals surface area contributed by atoms with Crippen LogP contribution in [0.5, 0.6) is 0 Å². The number of rotatable bonds is 3. The van der Waals surface area contributed by atoms with Crippen LogP contribution in [0.2, 0.25) is 0 Å². The fourth-order valence-corrected chi connectivity index (χ4v) is 2.61. The van der Waals surface area contributed by atoms with Crippen molar-refractivity contribution in [1.82, 2.24) is 15.0 Å². The molecule has 1 heterocycles. The largest absolute Gasteiger partial charge is 0.481 e. The second-order valence-corrected chi connectivity index (χ2v) is 5.40. The highest BCUT2D eigenvalue weighted by atomic mass is 19.4. The lowest BCUT2D eigenvalue weighted by atomic mass is 9.80. The molecule has 1 aromatic heterocycles. The summed E-state index contributed by atoms with van der Waals surface area (Å²) in [5, 5.41) is 16.2. The molecule has 5 nitrogen and oxygen atoms in total. The van der Waals surface area contributed by atoms with E-state index in [-0.39, 0.29) is 11.7 Å². The van der Waals surface area contributed by atoms with Crippen molar-refractivity contribution in [3.8, 4) is 11.3 Å². The van der Waals surface area contributed by atoms with Gasteiger partial charge in [0.1, 0.15) is 17.1 Å². The van der Waals surface area contributed by atoms with Crippen molar-refractivity contribution in [3.63, 3.8) is 0 Å². The van der Waals surface area contributed by atoms with Gasteiger partial charge in [0.25, 0.3) is 0 Å². The van der Waals surface area contributed by atoms with Crippen molar-refractivity contribution in [1.29, 1.82) is 0 Å². The van der Waals surface area contributed by atoms with Crippen LogP contribution in [0.25, 0.3) is 11.3 Å². The molecule has 122 valence electrons. The molecule has 9 heteroatoms. The first-order valence-electron chi connectivity index (χ1n) is 6.78. The van der Waals surface area contributed by atoms with E-state index >= 15 is 0 Å². The minimum absolute atomic E-state index is 0.101. The van der Waals surface area contributed by atoms with Gasteiger partial charge < -0.3 is 5.11 Å². The Labute approximate surface area is 127 Å². The van der Waals surface area contributed by atoms with Gasteiger partial charge in [-0.15, -0.1) is 5.10 Å². The van der Waals surface area contributed by atoms with E-state index in [0.717, 1.165) is 12.1 Å². The van der Waals surface area contributed by atoms with Crippen LogP contribution in [0.15, 0.2) is 24.4 Å². The minimum Gasteiger partial charge on any atom is -0.481 e. The van der Waals surface area contributed by atoms with Crippen molar-refractivity contribution in [2.45, 2.75) is 25.1 Å². The maximum Gasteiger partial charge on any atom is 0.419 e. The molecule has 1 saturated carbocycles. The SMILES string of the molecule is O=C(O)C1CC(n2cc(-c3cccc(F)c3C(F)(F)F)nn2)C1. The number of hydrogen-bond donors (Lipinski definition) is 1. The Morgan fingerprint density at radius 2 is 2.00 bits per heavy atom. The van der Waals surface area contributed by atoms with Crippen LogP contribution in [0.1, 0.15) is 24.4 Å². The quantitative estimate of drug-likeness (QED) is 0.879. The van der Waals surface area contributed by atoms with Gasteiger partial charge in [-0.1, -0.05) is 17.3 Å². The third kappa shape index (κ3) is 2.78. The summed E-state index contributed by atoms with van der Waals surface area (Å²) < 4.78 is 54.0. The van der Waals surface area contributed by atoms with Gasteiger partial charge in [-0.05, 0) is 18.9 Å². The van der Waals surface area contributed by atoms with Crippen molar-refractivity contribution in [3.05, 3.63) is 35.8 Å². The Kier molecular flexibility index (Phi) is 3.57. The first-order valence-corrected chi connectivity index (χ1v) is 6.78. The Morgan fingerprint density at radius 3 is 2.61 bits per heavy atom. The first kappa shape index (κ1) is 15.4. The second-order valence-electron chi connectivity index (χ2n) is 5.40. The van der Waals surface area contributed by atoms with Crippen LogP contribution >= 0.6 is 0 Å². The van der Waals surface area contributed by atoms with E-state index in [1.165, 1.54) is 16.9 Å². The molecule has 0 unspecified atom stereocenters. The number of alkyl halides is 3. The fraction of sp³-hybridized carbons (Fsp3) is 0.357. The Hall–Kier alpha value is -2.45. The molecule has 1 N–H and O–H groups in total. The predicted molar refractivity (Wildman–Crippen MR) is 69.8 cm³/mol. The van der Waals surface area contributed by atoms with Crippen LogP contribution in [-0.4, -0.2) is 26.1 Å². The number of halogens is 4. The normalized spacial score (nSPS) is 21.0. The van der Waals surface area contributed by atoms with E-state index in [1.807, 2.05) is 0 Å². The first-order chi connectivity index (χ1) is 10.8. The summed E-state index contributed by atoms with van der Waals surface area (Å²) in [6.45, 7) is 0. The number of benzene rings is 1. The molecule has 0 radical (unpaired) electrons. The van der Waals surface area contributed by atoms with Gasteiger partial charge in [-0.3, -0.25) is 4.79 Å². The van der Waals surface area contributed by atoms with Crippen molar-refractivity contribution in [2.75, 3.05) is 0 Å². The van der Waals surface area contributed by atoms with E-state index in [1.54, 1.807) is 0 Å². The molecule has 1 fully saturated rings. The minimum atomic E-state index is -4.85. The Balaban J connectivity index is 1.90. The molecule has 0 bridgehead atoms. The third-order valence-electron chi connectivity index (χ3n) is 3.92. The van der Waals surface area contributed by atoms with Gasteiger partial charge in [-0.2, -0.15) is 13.2 Å². The van der Waals surface area contributed by atoms with Crippen LogP contribution < -0.4 is 0 Å². The van der Waals surface area contributed by atoms with Gasteiger partial charge in [0.15, 0.2) is 0 Å². The van der Waals surface area contributed by atoms with E-state index in [2.05, 4.69) is 10.3 Å². The van der Waals surface area contributed by atoms with E-state index < -0.39 is 35.0 Å². The lowest BCUT2D eigenvalue weighted by molar-refractivity contribution is -0.146. The number of aliphatic carboxylic acids is 1. The lowest BCUT2D eigenvalue weighted by Crippen LogP contribution is -2.32. The van der Waals surface area contributed by atoms with Crippen molar-refractivity contribution >= 4 is 5.97 Å². The summed E-state index contributed by atoms with van der Waals surface area (Å²) in [4.78, 5) is 10.8. The number of nitrogens with zero attached hydrogens (tertiary/aromatic N) is 3. The molecule has 0 amide bonds. The molecule has 1 aromatic carbocycles. The van der Waals surface area contributed by atoms with E-state index in [4.69, 9.17) is 5.11 Å². The number of hydrogen-bond acceptors (Lipinski definition) is 3. The summed E-state index contributed by atoms with van der Waals surface area (Å²) in [5.41, 5.74) is -1.88. The zero-order valence-electron chi connectivity index (χ0n) is 11.6. The summed E-state index contributed by atoms with van der Waals surface area (Å²) in [6.07, 6.45) is -2.89. The number of carboxylic acid groups (broad SMARTS) is 1. The molecular formula is C14H11F4N3O2. The Morgan fingerprint density at radius 1 is 1.30 bits per heavy atom. The van der Waals surface area contributed by atoms with Gasteiger partial charge in [0.2, 0.25) is 0 Å². The lowest BCUT2D eigenvalue weighted by Gasteiger charge is -2.31.